The van der Waals surface area contributed by atoms with Gasteiger partial charge in [0.05, 0.1) is 0 Å². The lowest BCUT2D eigenvalue weighted by Gasteiger charge is -2.16. The fourth-order valence-corrected chi connectivity index (χ4v) is 2.95. The molecule has 1 saturated heterocycles. The summed E-state index contributed by atoms with van der Waals surface area (Å²) in [7, 11) is 0. The van der Waals surface area contributed by atoms with Gasteiger partial charge in [0.1, 0.15) is 0 Å². The van der Waals surface area contributed by atoms with Crippen molar-refractivity contribution in [2.24, 2.45) is 11.8 Å². The summed E-state index contributed by atoms with van der Waals surface area (Å²) >= 11 is 4.96. The van der Waals surface area contributed by atoms with Gasteiger partial charge in [0.15, 0.2) is 3.92 Å². The minimum absolute atomic E-state index is 0.774. The second-order valence-electron chi connectivity index (χ2n) is 4.08. The first-order chi connectivity index (χ1) is 6.66. The van der Waals surface area contributed by atoms with Gasteiger partial charge in [-0.1, -0.05) is 25.2 Å². The van der Waals surface area contributed by atoms with Gasteiger partial charge in [-0.15, -0.1) is 10.2 Å². The molecule has 0 N–H and O–H groups in total. The third-order valence-corrected chi connectivity index (χ3v) is 4.24. The van der Waals surface area contributed by atoms with Gasteiger partial charge in [0, 0.05) is 13.1 Å². The molecule has 5 heteroatoms. The van der Waals surface area contributed by atoms with Gasteiger partial charge >= 0.3 is 0 Å². The molecule has 0 aliphatic carbocycles. The number of rotatable bonds is 2. The quantitative estimate of drug-likeness (QED) is 0.831. The van der Waals surface area contributed by atoms with Gasteiger partial charge in [-0.3, -0.25) is 0 Å². The fraction of sp³-hybridized carbons (Fsp3) is 0.778. The highest BCUT2D eigenvalue weighted by Crippen LogP contribution is 2.31. The zero-order valence-electron chi connectivity index (χ0n) is 8.40. The smallest absolute Gasteiger partial charge is 0.209 e. The van der Waals surface area contributed by atoms with Crippen LogP contribution in [0.4, 0.5) is 5.13 Å². The molecule has 1 fully saturated rings. The van der Waals surface area contributed by atoms with Crippen molar-refractivity contribution < 1.29 is 0 Å². The number of anilines is 1. The van der Waals surface area contributed by atoms with E-state index in [1.54, 1.807) is 11.3 Å². The van der Waals surface area contributed by atoms with E-state index < -0.39 is 0 Å². The molecule has 78 valence electrons. The SMILES string of the molecule is CC(C)C1CCN(c2nnc(Br)s2)C1. The average molecular weight is 276 g/mol. The van der Waals surface area contributed by atoms with Crippen LogP contribution in [-0.4, -0.2) is 23.3 Å². The number of hydrogen-bond acceptors (Lipinski definition) is 4. The van der Waals surface area contributed by atoms with Crippen molar-refractivity contribution in [3.8, 4) is 0 Å². The minimum atomic E-state index is 0.774. The molecule has 0 aromatic carbocycles. The van der Waals surface area contributed by atoms with E-state index in [9.17, 15) is 0 Å². The molecule has 1 atom stereocenters. The Balaban J connectivity index is 2.02. The van der Waals surface area contributed by atoms with Crippen LogP contribution in [0.2, 0.25) is 0 Å². The highest BCUT2D eigenvalue weighted by molar-refractivity contribution is 9.11. The maximum Gasteiger partial charge on any atom is 0.209 e. The van der Waals surface area contributed by atoms with Crippen molar-refractivity contribution in [3.63, 3.8) is 0 Å². The maximum absolute atomic E-state index is 4.14. The third-order valence-electron chi connectivity index (χ3n) is 2.83. The predicted molar refractivity (Wildman–Crippen MR) is 62.8 cm³/mol. The highest BCUT2D eigenvalue weighted by Gasteiger charge is 2.26. The summed E-state index contributed by atoms with van der Waals surface area (Å²) in [4.78, 5) is 2.34. The van der Waals surface area contributed by atoms with Crippen LogP contribution in [0.1, 0.15) is 20.3 Å². The first-order valence-electron chi connectivity index (χ1n) is 4.91. The van der Waals surface area contributed by atoms with Gasteiger partial charge in [0.2, 0.25) is 5.13 Å². The third kappa shape index (κ3) is 2.08. The van der Waals surface area contributed by atoms with Gasteiger partial charge in [-0.2, -0.15) is 0 Å². The summed E-state index contributed by atoms with van der Waals surface area (Å²) in [6.45, 7) is 6.86. The molecule has 1 aliphatic rings. The molecule has 0 amide bonds. The van der Waals surface area contributed by atoms with Crippen LogP contribution in [0.3, 0.4) is 0 Å². The zero-order valence-corrected chi connectivity index (χ0v) is 10.8. The van der Waals surface area contributed by atoms with Crippen molar-refractivity contribution in [2.45, 2.75) is 20.3 Å². The molecular formula is C9H14BrN3S. The van der Waals surface area contributed by atoms with Crippen molar-refractivity contribution >= 4 is 32.4 Å². The summed E-state index contributed by atoms with van der Waals surface area (Å²) in [5, 5.41) is 9.17. The largest absolute Gasteiger partial charge is 0.346 e. The summed E-state index contributed by atoms with van der Waals surface area (Å²) in [6.07, 6.45) is 1.29. The van der Waals surface area contributed by atoms with Crippen LogP contribution in [0.5, 0.6) is 0 Å². The van der Waals surface area contributed by atoms with Crippen molar-refractivity contribution in [2.75, 3.05) is 18.0 Å². The van der Waals surface area contributed by atoms with Crippen LogP contribution in [0, 0.1) is 11.8 Å². The van der Waals surface area contributed by atoms with Gasteiger partial charge in [-0.05, 0) is 34.2 Å². The van der Waals surface area contributed by atoms with E-state index in [4.69, 9.17) is 0 Å². The Morgan fingerprint density at radius 2 is 2.29 bits per heavy atom. The number of hydrogen-bond donors (Lipinski definition) is 0. The molecule has 14 heavy (non-hydrogen) atoms. The second-order valence-corrected chi connectivity index (χ2v) is 6.31. The summed E-state index contributed by atoms with van der Waals surface area (Å²) in [5.74, 6) is 1.59. The number of halogens is 1. The molecule has 0 bridgehead atoms. The Morgan fingerprint density at radius 1 is 1.50 bits per heavy atom. The monoisotopic (exact) mass is 275 g/mol. The molecule has 1 unspecified atom stereocenters. The Kier molecular flexibility index (Phi) is 3.07. The summed E-state index contributed by atoms with van der Waals surface area (Å²) in [5.41, 5.74) is 0. The molecule has 1 aromatic rings. The van der Waals surface area contributed by atoms with E-state index in [2.05, 4.69) is 44.9 Å². The van der Waals surface area contributed by atoms with Crippen LogP contribution < -0.4 is 4.90 Å². The summed E-state index contributed by atoms with van der Waals surface area (Å²) in [6, 6.07) is 0. The Labute approximate surface area is 96.7 Å². The van der Waals surface area contributed by atoms with Crippen LogP contribution in [0.25, 0.3) is 0 Å². The Morgan fingerprint density at radius 3 is 2.79 bits per heavy atom. The van der Waals surface area contributed by atoms with Crippen LogP contribution >= 0.6 is 27.3 Å². The molecule has 3 nitrogen and oxygen atoms in total. The summed E-state index contributed by atoms with van der Waals surface area (Å²) < 4.78 is 0.875. The minimum Gasteiger partial charge on any atom is -0.346 e. The van der Waals surface area contributed by atoms with Crippen molar-refractivity contribution in [1.82, 2.24) is 10.2 Å². The lowest BCUT2D eigenvalue weighted by atomic mass is 9.95. The molecule has 0 radical (unpaired) electrons. The molecule has 2 rings (SSSR count). The average Bonchev–Trinajstić information content (AvgIpc) is 2.70. The standard InChI is InChI=1S/C9H14BrN3S/c1-6(2)7-3-4-13(5-7)9-12-11-8(10)14-9/h6-7H,3-5H2,1-2H3. The van der Waals surface area contributed by atoms with E-state index in [-0.39, 0.29) is 0 Å². The molecule has 1 aromatic heterocycles. The van der Waals surface area contributed by atoms with E-state index in [0.29, 0.717) is 0 Å². The molecule has 1 aliphatic heterocycles. The van der Waals surface area contributed by atoms with E-state index in [1.165, 1.54) is 6.42 Å². The first-order valence-corrected chi connectivity index (χ1v) is 6.51. The lowest BCUT2D eigenvalue weighted by molar-refractivity contribution is 0.422. The van der Waals surface area contributed by atoms with E-state index >= 15 is 0 Å². The normalized spacial score (nSPS) is 22.3. The number of aromatic nitrogens is 2. The predicted octanol–water partition coefficient (Wildman–Crippen LogP) is 2.78. The Bertz CT molecular complexity index is 313. The Hall–Kier alpha value is -0.160. The maximum atomic E-state index is 4.14. The first kappa shape index (κ1) is 10.4. The molecule has 2 heterocycles. The van der Waals surface area contributed by atoms with Gasteiger partial charge in [0.25, 0.3) is 0 Å². The van der Waals surface area contributed by atoms with Gasteiger partial charge in [-0.25, -0.2) is 0 Å². The van der Waals surface area contributed by atoms with Crippen LogP contribution in [-0.2, 0) is 0 Å². The fourth-order valence-electron chi connectivity index (χ4n) is 1.83. The van der Waals surface area contributed by atoms with Crippen molar-refractivity contribution in [3.05, 3.63) is 3.92 Å². The van der Waals surface area contributed by atoms with E-state index in [1.807, 2.05) is 0 Å². The second kappa shape index (κ2) is 4.14. The number of nitrogens with zero attached hydrogens (tertiary/aromatic N) is 3. The van der Waals surface area contributed by atoms with Gasteiger partial charge < -0.3 is 4.90 Å². The van der Waals surface area contributed by atoms with E-state index in [0.717, 1.165) is 34.0 Å². The van der Waals surface area contributed by atoms with Crippen LogP contribution in [0.15, 0.2) is 3.92 Å². The van der Waals surface area contributed by atoms with Crippen molar-refractivity contribution in [1.29, 1.82) is 0 Å². The highest BCUT2D eigenvalue weighted by atomic mass is 79.9. The lowest BCUT2D eigenvalue weighted by Crippen LogP contribution is -2.20. The molecule has 0 spiro atoms. The topological polar surface area (TPSA) is 29.0 Å². The molecular weight excluding hydrogens is 262 g/mol. The zero-order chi connectivity index (χ0) is 10.1. The molecule has 0 saturated carbocycles.